The lowest BCUT2D eigenvalue weighted by Crippen LogP contribution is -2.48. The number of hydrogen-bond donors (Lipinski definition) is 5. The molecule has 0 fully saturated rings. The van der Waals surface area contributed by atoms with E-state index in [4.69, 9.17) is 20.4 Å². The van der Waals surface area contributed by atoms with Crippen LogP contribution in [0.2, 0.25) is 0 Å². The van der Waals surface area contributed by atoms with Crippen LogP contribution in [0.3, 0.4) is 0 Å². The van der Waals surface area contributed by atoms with Gasteiger partial charge in [0, 0.05) is 0 Å². The van der Waals surface area contributed by atoms with Gasteiger partial charge in [-0.25, -0.2) is 0 Å². The molecule has 0 aromatic carbocycles. The fourth-order valence-corrected chi connectivity index (χ4v) is 1.03. The number of aliphatic carboxylic acids is 4. The van der Waals surface area contributed by atoms with Gasteiger partial charge in [-0.2, -0.15) is 0 Å². The molecule has 96 valence electrons. The first-order valence-corrected chi connectivity index (χ1v) is 4.39. The highest BCUT2D eigenvalue weighted by molar-refractivity contribution is 5.84. The van der Waals surface area contributed by atoms with Crippen LogP contribution in [0.25, 0.3) is 0 Å². The van der Waals surface area contributed by atoms with Gasteiger partial charge in [-0.15, -0.1) is 0 Å². The number of rotatable bonds is 8. The van der Waals surface area contributed by atoms with Crippen molar-refractivity contribution >= 4 is 23.9 Å². The van der Waals surface area contributed by atoms with Gasteiger partial charge in [0.1, 0.15) is 12.1 Å². The molecule has 0 rings (SSSR count). The Balaban J connectivity index is 4.67. The summed E-state index contributed by atoms with van der Waals surface area (Å²) in [5.41, 5.74) is 0. The summed E-state index contributed by atoms with van der Waals surface area (Å²) in [6.45, 7) is 0. The molecule has 0 amide bonds. The molecule has 0 heterocycles. The molecular weight excluding hydrogens is 238 g/mol. The Morgan fingerprint density at radius 1 is 0.765 bits per heavy atom. The molecule has 17 heavy (non-hydrogen) atoms. The van der Waals surface area contributed by atoms with Gasteiger partial charge in [0.25, 0.3) is 0 Å². The van der Waals surface area contributed by atoms with Gasteiger partial charge >= 0.3 is 23.9 Å². The monoisotopic (exact) mass is 249 g/mol. The zero-order valence-corrected chi connectivity index (χ0v) is 8.49. The normalized spacial score (nSPS) is 13.6. The van der Waals surface area contributed by atoms with E-state index in [9.17, 15) is 19.2 Å². The molecule has 0 bridgehead atoms. The average molecular weight is 249 g/mol. The Labute approximate surface area is 94.7 Å². The summed E-state index contributed by atoms with van der Waals surface area (Å²) in [4.78, 5) is 41.9. The molecule has 0 saturated carbocycles. The molecule has 0 aromatic rings. The summed E-state index contributed by atoms with van der Waals surface area (Å²) in [6, 6.07) is -3.32. The maximum atomic E-state index is 10.6. The molecule has 0 saturated heterocycles. The Bertz CT molecular complexity index is 306. The second-order valence-corrected chi connectivity index (χ2v) is 3.14. The van der Waals surface area contributed by atoms with E-state index in [0.717, 1.165) is 0 Å². The van der Waals surface area contributed by atoms with Crippen molar-refractivity contribution < 1.29 is 39.6 Å². The van der Waals surface area contributed by atoms with Crippen LogP contribution < -0.4 is 5.32 Å². The first-order chi connectivity index (χ1) is 7.73. The van der Waals surface area contributed by atoms with E-state index in [1.165, 1.54) is 0 Å². The van der Waals surface area contributed by atoms with Gasteiger partial charge in [-0.3, -0.25) is 24.5 Å². The van der Waals surface area contributed by atoms with Crippen molar-refractivity contribution in [2.75, 3.05) is 0 Å². The summed E-state index contributed by atoms with van der Waals surface area (Å²) in [6.07, 6.45) is -1.70. The minimum absolute atomic E-state index is 0.848. The maximum Gasteiger partial charge on any atom is 0.321 e. The highest BCUT2D eigenvalue weighted by Crippen LogP contribution is 2.00. The molecule has 2 atom stereocenters. The molecule has 0 aliphatic rings. The van der Waals surface area contributed by atoms with E-state index in [-0.39, 0.29) is 0 Å². The van der Waals surface area contributed by atoms with Crippen molar-refractivity contribution in [2.45, 2.75) is 24.9 Å². The van der Waals surface area contributed by atoms with E-state index >= 15 is 0 Å². The standard InChI is InChI=1S/C8H11NO8/c10-5(11)1-3(7(14)15)9-4(8(16)17)2-6(12)13/h3-4,9H,1-2H2,(H,10,11)(H,12,13)(H,14,15)(H,16,17)/t3-,4?/m0/s1. The summed E-state index contributed by atoms with van der Waals surface area (Å²) < 4.78 is 0. The van der Waals surface area contributed by atoms with Crippen molar-refractivity contribution in [2.24, 2.45) is 0 Å². The van der Waals surface area contributed by atoms with Gasteiger partial charge in [0.05, 0.1) is 12.8 Å². The molecule has 0 spiro atoms. The molecule has 0 aliphatic carbocycles. The SMILES string of the molecule is O=C(O)CC(N[C@@H](CC(=O)O)C(=O)O)C(=O)O. The predicted molar refractivity (Wildman–Crippen MR) is 50.5 cm³/mol. The Morgan fingerprint density at radius 3 is 1.24 bits per heavy atom. The number of nitrogens with one attached hydrogen (secondary N) is 1. The van der Waals surface area contributed by atoms with Crippen molar-refractivity contribution in [1.82, 2.24) is 5.32 Å². The second-order valence-electron chi connectivity index (χ2n) is 3.14. The first kappa shape index (κ1) is 14.8. The number of hydrogen-bond acceptors (Lipinski definition) is 5. The Kier molecular flexibility index (Phi) is 5.61. The van der Waals surface area contributed by atoms with E-state index in [1.807, 2.05) is 5.32 Å². The van der Waals surface area contributed by atoms with Crippen LogP contribution in [0.4, 0.5) is 0 Å². The Morgan fingerprint density at radius 2 is 1.06 bits per heavy atom. The summed E-state index contributed by atoms with van der Waals surface area (Å²) in [5, 5.41) is 36.0. The van der Waals surface area contributed by atoms with E-state index in [2.05, 4.69) is 0 Å². The van der Waals surface area contributed by atoms with Crippen LogP contribution in [0, 0.1) is 0 Å². The fraction of sp³-hybridized carbons (Fsp3) is 0.500. The van der Waals surface area contributed by atoms with E-state index in [1.54, 1.807) is 0 Å². The maximum absolute atomic E-state index is 10.6. The van der Waals surface area contributed by atoms with Crippen LogP contribution in [-0.4, -0.2) is 56.4 Å². The third-order valence-corrected chi connectivity index (χ3v) is 1.76. The minimum Gasteiger partial charge on any atom is -0.481 e. The molecule has 1 unspecified atom stereocenters. The number of carbonyl (C=O) groups is 4. The molecule has 5 N–H and O–H groups in total. The summed E-state index contributed by atoms with van der Waals surface area (Å²) in [5.74, 6) is -6.01. The van der Waals surface area contributed by atoms with Crippen molar-refractivity contribution in [3.05, 3.63) is 0 Å². The second kappa shape index (κ2) is 6.43. The summed E-state index contributed by atoms with van der Waals surface area (Å²) >= 11 is 0. The largest absolute Gasteiger partial charge is 0.481 e. The zero-order valence-electron chi connectivity index (χ0n) is 8.49. The average Bonchev–Trinajstić information content (AvgIpc) is 2.13. The predicted octanol–water partition coefficient (Wildman–Crippen LogP) is -1.57. The lowest BCUT2D eigenvalue weighted by molar-refractivity contribution is -0.150. The molecular formula is C8H11NO8. The smallest absolute Gasteiger partial charge is 0.321 e. The van der Waals surface area contributed by atoms with Crippen LogP contribution in [-0.2, 0) is 19.2 Å². The van der Waals surface area contributed by atoms with Crippen LogP contribution in [0.1, 0.15) is 12.8 Å². The van der Waals surface area contributed by atoms with Crippen molar-refractivity contribution in [1.29, 1.82) is 0 Å². The highest BCUT2D eigenvalue weighted by atomic mass is 16.4. The van der Waals surface area contributed by atoms with Crippen LogP contribution >= 0.6 is 0 Å². The fourth-order valence-electron chi connectivity index (χ4n) is 1.03. The summed E-state index contributed by atoms with van der Waals surface area (Å²) in [7, 11) is 0. The quantitative estimate of drug-likeness (QED) is 0.342. The van der Waals surface area contributed by atoms with Gasteiger partial charge in [-0.1, -0.05) is 0 Å². The lowest BCUT2D eigenvalue weighted by atomic mass is 10.1. The first-order valence-electron chi connectivity index (χ1n) is 4.39. The highest BCUT2D eigenvalue weighted by Gasteiger charge is 2.29. The van der Waals surface area contributed by atoms with Gasteiger partial charge in [-0.05, 0) is 0 Å². The third kappa shape index (κ3) is 6.10. The van der Waals surface area contributed by atoms with Gasteiger partial charge in [0.15, 0.2) is 0 Å². The van der Waals surface area contributed by atoms with Crippen molar-refractivity contribution in [3.8, 4) is 0 Å². The van der Waals surface area contributed by atoms with Gasteiger partial charge in [0.2, 0.25) is 0 Å². The topological polar surface area (TPSA) is 161 Å². The molecule has 0 aromatic heterocycles. The number of carboxylic acid groups (broad SMARTS) is 4. The van der Waals surface area contributed by atoms with Crippen LogP contribution in [0.5, 0.6) is 0 Å². The Hall–Kier alpha value is -2.16. The lowest BCUT2D eigenvalue weighted by Gasteiger charge is -2.17. The molecule has 0 radical (unpaired) electrons. The molecule has 9 heteroatoms. The number of carboxylic acids is 4. The van der Waals surface area contributed by atoms with Gasteiger partial charge < -0.3 is 20.4 Å². The van der Waals surface area contributed by atoms with Crippen LogP contribution in [0.15, 0.2) is 0 Å². The van der Waals surface area contributed by atoms with E-state index < -0.39 is 48.8 Å². The minimum atomic E-state index is -1.66. The van der Waals surface area contributed by atoms with E-state index in [0.29, 0.717) is 0 Å². The molecule has 0 aliphatic heterocycles. The molecule has 9 nitrogen and oxygen atoms in total. The van der Waals surface area contributed by atoms with Crippen molar-refractivity contribution in [3.63, 3.8) is 0 Å². The third-order valence-electron chi connectivity index (χ3n) is 1.76. The zero-order chi connectivity index (χ0) is 13.6.